The van der Waals surface area contributed by atoms with Crippen LogP contribution in [0.1, 0.15) is 27.0 Å². The molecule has 0 saturated carbocycles. The van der Waals surface area contributed by atoms with Gasteiger partial charge in [0.05, 0.1) is 6.54 Å². The number of carbonyl (C=O) groups excluding carboxylic acids is 1. The Morgan fingerprint density at radius 2 is 1.79 bits per heavy atom. The molecule has 0 spiro atoms. The van der Waals surface area contributed by atoms with Crippen LogP contribution in [0.5, 0.6) is 0 Å². The Bertz CT molecular complexity index is 1210. The number of benzene rings is 2. The van der Waals surface area contributed by atoms with Gasteiger partial charge in [-0.2, -0.15) is 5.10 Å². The molecule has 1 aliphatic rings. The number of pyridine rings is 1. The highest BCUT2D eigenvalue weighted by molar-refractivity contribution is 6.15. The third-order valence-electron chi connectivity index (χ3n) is 5.18. The van der Waals surface area contributed by atoms with Gasteiger partial charge in [-0.25, -0.2) is 0 Å². The molecule has 1 aliphatic carbocycles. The molecule has 4 nitrogen and oxygen atoms in total. The Kier molecular flexibility index (Phi) is 4.37. The van der Waals surface area contributed by atoms with Crippen molar-refractivity contribution in [3.8, 4) is 11.3 Å². The Morgan fingerprint density at radius 3 is 2.59 bits per heavy atom. The van der Waals surface area contributed by atoms with Crippen molar-refractivity contribution in [1.82, 2.24) is 14.8 Å². The number of fused-ring (bicyclic) bond motifs is 1. The molecular weight excluding hydrogens is 358 g/mol. The summed E-state index contributed by atoms with van der Waals surface area (Å²) in [7, 11) is 0. The molecule has 4 heteroatoms. The summed E-state index contributed by atoms with van der Waals surface area (Å²) in [4.78, 5) is 17.1. The lowest BCUT2D eigenvalue weighted by molar-refractivity contribution is 0.104. The van der Waals surface area contributed by atoms with Gasteiger partial charge in [-0.05, 0) is 29.3 Å². The first-order chi connectivity index (χ1) is 14.3. The normalized spacial score (nSPS) is 14.3. The molecule has 2 aromatic carbocycles. The zero-order valence-electron chi connectivity index (χ0n) is 15.8. The van der Waals surface area contributed by atoms with E-state index in [-0.39, 0.29) is 5.78 Å². The van der Waals surface area contributed by atoms with Gasteiger partial charge in [-0.3, -0.25) is 14.5 Å². The first kappa shape index (κ1) is 17.3. The molecule has 2 aromatic heterocycles. The third-order valence-corrected chi connectivity index (χ3v) is 5.18. The van der Waals surface area contributed by atoms with Crippen LogP contribution in [0.3, 0.4) is 0 Å². The summed E-state index contributed by atoms with van der Waals surface area (Å²) in [5.74, 6) is 0.105. The topological polar surface area (TPSA) is 47.8 Å². The number of Topliss-reactive ketones (excluding diaryl/α,β-unsaturated/α-hetero) is 1. The van der Waals surface area contributed by atoms with Crippen molar-refractivity contribution in [2.45, 2.75) is 13.0 Å². The number of aromatic nitrogens is 3. The molecule has 140 valence electrons. The monoisotopic (exact) mass is 377 g/mol. The van der Waals surface area contributed by atoms with E-state index in [0.717, 1.165) is 33.5 Å². The van der Waals surface area contributed by atoms with Crippen molar-refractivity contribution in [3.63, 3.8) is 0 Å². The molecule has 0 amide bonds. The second-order valence-corrected chi connectivity index (χ2v) is 7.19. The lowest BCUT2D eigenvalue weighted by Crippen LogP contribution is -2.00. The maximum atomic E-state index is 12.8. The average Bonchev–Trinajstić information content (AvgIpc) is 3.30. The van der Waals surface area contributed by atoms with Gasteiger partial charge in [0.1, 0.15) is 5.69 Å². The van der Waals surface area contributed by atoms with Crippen LogP contribution in [0.15, 0.2) is 90.9 Å². The maximum Gasteiger partial charge on any atom is 0.189 e. The summed E-state index contributed by atoms with van der Waals surface area (Å²) in [6, 6.07) is 21.9. The average molecular weight is 377 g/mol. The van der Waals surface area contributed by atoms with E-state index >= 15 is 0 Å². The van der Waals surface area contributed by atoms with Crippen molar-refractivity contribution in [2.24, 2.45) is 0 Å². The van der Waals surface area contributed by atoms with Gasteiger partial charge < -0.3 is 0 Å². The molecule has 0 N–H and O–H groups in total. The SMILES string of the molecule is O=C1/C(=C/c2cn(Cc3ccccc3)nc2-c2cccnc2)Cc2ccccc21. The van der Waals surface area contributed by atoms with Crippen molar-refractivity contribution >= 4 is 11.9 Å². The van der Waals surface area contributed by atoms with Crippen LogP contribution in [0, 0.1) is 0 Å². The van der Waals surface area contributed by atoms with Crippen molar-refractivity contribution < 1.29 is 4.79 Å². The summed E-state index contributed by atoms with van der Waals surface area (Å²) in [5.41, 5.74) is 6.58. The molecule has 0 unspecified atom stereocenters. The molecule has 0 atom stereocenters. The van der Waals surface area contributed by atoms with E-state index < -0.39 is 0 Å². The number of carbonyl (C=O) groups is 1. The quantitative estimate of drug-likeness (QED) is 0.479. The third kappa shape index (κ3) is 3.41. The van der Waals surface area contributed by atoms with E-state index in [4.69, 9.17) is 5.10 Å². The van der Waals surface area contributed by atoms with Crippen LogP contribution >= 0.6 is 0 Å². The van der Waals surface area contributed by atoms with Crippen LogP contribution in [-0.4, -0.2) is 20.5 Å². The van der Waals surface area contributed by atoms with Gasteiger partial charge >= 0.3 is 0 Å². The fraction of sp³-hybridized carbons (Fsp3) is 0.0800. The van der Waals surface area contributed by atoms with Crippen LogP contribution in [0.25, 0.3) is 17.3 Å². The van der Waals surface area contributed by atoms with E-state index in [1.54, 1.807) is 6.20 Å². The molecule has 29 heavy (non-hydrogen) atoms. The number of allylic oxidation sites excluding steroid dienone is 1. The summed E-state index contributed by atoms with van der Waals surface area (Å²) < 4.78 is 1.93. The molecular formula is C25H19N3O. The standard InChI is InChI=1S/C25H19N3O/c29-25-21(13-19-9-4-5-11-23(19)25)14-22-17-28(16-18-7-2-1-3-8-18)27-24(22)20-10-6-12-26-15-20/h1-12,14-15,17H,13,16H2/b21-14+. The summed E-state index contributed by atoms with van der Waals surface area (Å²) >= 11 is 0. The highest BCUT2D eigenvalue weighted by atomic mass is 16.1. The first-order valence-corrected chi connectivity index (χ1v) is 9.63. The van der Waals surface area contributed by atoms with E-state index in [0.29, 0.717) is 13.0 Å². The second kappa shape index (κ2) is 7.32. The Hall–Kier alpha value is -3.79. The number of nitrogens with zero attached hydrogens (tertiary/aromatic N) is 3. The zero-order valence-corrected chi connectivity index (χ0v) is 15.8. The molecule has 0 radical (unpaired) electrons. The predicted octanol–water partition coefficient (Wildman–Crippen LogP) is 4.82. The van der Waals surface area contributed by atoms with E-state index in [1.807, 2.05) is 77.7 Å². The molecule has 0 aliphatic heterocycles. The molecule has 4 aromatic rings. The number of hydrogen-bond donors (Lipinski definition) is 0. The van der Waals surface area contributed by atoms with Crippen molar-refractivity contribution in [2.75, 3.05) is 0 Å². The van der Waals surface area contributed by atoms with E-state index in [9.17, 15) is 4.79 Å². The van der Waals surface area contributed by atoms with Gasteiger partial charge in [0.25, 0.3) is 0 Å². The van der Waals surface area contributed by atoms with Crippen molar-refractivity contribution in [3.05, 3.63) is 113 Å². The molecule has 2 heterocycles. The lowest BCUT2D eigenvalue weighted by atomic mass is 10.1. The zero-order chi connectivity index (χ0) is 19.6. The largest absolute Gasteiger partial charge is 0.289 e. The number of rotatable bonds is 4. The molecule has 0 saturated heterocycles. The number of hydrogen-bond acceptors (Lipinski definition) is 3. The highest BCUT2D eigenvalue weighted by Crippen LogP contribution is 2.30. The lowest BCUT2D eigenvalue weighted by Gasteiger charge is -2.01. The Morgan fingerprint density at radius 1 is 0.966 bits per heavy atom. The minimum Gasteiger partial charge on any atom is -0.289 e. The second-order valence-electron chi connectivity index (χ2n) is 7.19. The van der Waals surface area contributed by atoms with Crippen LogP contribution in [0.2, 0.25) is 0 Å². The summed E-state index contributed by atoms with van der Waals surface area (Å²) in [6.07, 6.45) is 8.21. The molecule has 0 fully saturated rings. The Balaban J connectivity index is 1.56. The minimum absolute atomic E-state index is 0.105. The minimum atomic E-state index is 0.105. The van der Waals surface area contributed by atoms with Gasteiger partial charge in [0, 0.05) is 47.3 Å². The fourth-order valence-corrected chi connectivity index (χ4v) is 3.78. The molecule has 5 rings (SSSR count). The Labute approximate surface area is 169 Å². The maximum absolute atomic E-state index is 12.8. The summed E-state index contributed by atoms with van der Waals surface area (Å²) in [6.45, 7) is 0.672. The summed E-state index contributed by atoms with van der Waals surface area (Å²) in [5, 5.41) is 4.81. The van der Waals surface area contributed by atoms with Gasteiger partial charge in [-0.15, -0.1) is 0 Å². The first-order valence-electron chi connectivity index (χ1n) is 9.63. The van der Waals surface area contributed by atoms with E-state index in [2.05, 4.69) is 17.1 Å². The van der Waals surface area contributed by atoms with Gasteiger partial charge in [0.15, 0.2) is 5.78 Å². The van der Waals surface area contributed by atoms with Crippen LogP contribution in [-0.2, 0) is 13.0 Å². The van der Waals surface area contributed by atoms with Gasteiger partial charge in [0.2, 0.25) is 0 Å². The predicted molar refractivity (Wildman–Crippen MR) is 113 cm³/mol. The molecule has 0 bridgehead atoms. The highest BCUT2D eigenvalue weighted by Gasteiger charge is 2.24. The van der Waals surface area contributed by atoms with Gasteiger partial charge in [-0.1, -0.05) is 54.6 Å². The van der Waals surface area contributed by atoms with Crippen LogP contribution in [0.4, 0.5) is 0 Å². The smallest absolute Gasteiger partial charge is 0.189 e. The van der Waals surface area contributed by atoms with E-state index in [1.165, 1.54) is 5.56 Å². The number of ketones is 1. The van der Waals surface area contributed by atoms with Crippen molar-refractivity contribution in [1.29, 1.82) is 0 Å². The fourth-order valence-electron chi connectivity index (χ4n) is 3.78. The van der Waals surface area contributed by atoms with Crippen LogP contribution < -0.4 is 0 Å².